The summed E-state index contributed by atoms with van der Waals surface area (Å²) in [6, 6.07) is 3.58. The Morgan fingerprint density at radius 2 is 2.06 bits per heavy atom. The molecule has 1 nitrogen and oxygen atoms in total. The number of aliphatic hydroxyl groups is 1. The molecule has 0 saturated heterocycles. The minimum atomic E-state index is -0.830. The average Bonchev–Trinajstić information content (AvgIpc) is 2.46. The van der Waals surface area contributed by atoms with Gasteiger partial charge < -0.3 is 5.11 Å². The van der Waals surface area contributed by atoms with Crippen molar-refractivity contribution < 1.29 is 13.9 Å². The normalized spacial score (nSPS) is 29.0. The maximum absolute atomic E-state index is 13.6. The Labute approximate surface area is 107 Å². The Morgan fingerprint density at radius 3 is 2.78 bits per heavy atom. The predicted octanol–water partition coefficient (Wildman–Crippen LogP) is 3.84. The molecule has 0 heterocycles. The molecule has 3 heteroatoms. The summed E-state index contributed by atoms with van der Waals surface area (Å²) in [6.07, 6.45) is 4.75. The summed E-state index contributed by atoms with van der Waals surface area (Å²) in [6.45, 7) is 2.18. The highest BCUT2D eigenvalue weighted by molar-refractivity contribution is 5.20. The third kappa shape index (κ3) is 3.29. The van der Waals surface area contributed by atoms with Gasteiger partial charge in [-0.05, 0) is 36.8 Å². The van der Waals surface area contributed by atoms with Crippen LogP contribution in [0.1, 0.15) is 44.6 Å². The molecule has 0 aliphatic heterocycles. The first kappa shape index (κ1) is 13.5. The zero-order valence-corrected chi connectivity index (χ0v) is 10.8. The largest absolute Gasteiger partial charge is 0.390 e. The molecule has 0 bridgehead atoms. The topological polar surface area (TPSA) is 20.2 Å². The molecule has 2 rings (SSSR count). The zero-order valence-electron chi connectivity index (χ0n) is 10.8. The molecule has 0 radical (unpaired) electrons. The van der Waals surface area contributed by atoms with Crippen molar-refractivity contribution in [2.24, 2.45) is 5.92 Å². The van der Waals surface area contributed by atoms with E-state index < -0.39 is 17.2 Å². The van der Waals surface area contributed by atoms with Gasteiger partial charge in [0.2, 0.25) is 0 Å². The highest BCUT2D eigenvalue weighted by atomic mass is 19.1. The molecule has 1 aromatic carbocycles. The summed E-state index contributed by atoms with van der Waals surface area (Å²) in [7, 11) is 0. The molecule has 2 atom stereocenters. The summed E-state index contributed by atoms with van der Waals surface area (Å²) in [5.41, 5.74) is -0.419. The molecule has 0 amide bonds. The smallest absolute Gasteiger partial charge is 0.129 e. The maximum atomic E-state index is 13.6. The molecule has 0 aromatic heterocycles. The summed E-state index contributed by atoms with van der Waals surface area (Å²) in [5, 5.41) is 10.6. The van der Waals surface area contributed by atoms with Gasteiger partial charge in [0.1, 0.15) is 11.6 Å². The number of rotatable bonds is 2. The highest BCUT2D eigenvalue weighted by Gasteiger charge is 2.30. The minimum Gasteiger partial charge on any atom is -0.390 e. The highest BCUT2D eigenvalue weighted by Crippen LogP contribution is 2.33. The van der Waals surface area contributed by atoms with Gasteiger partial charge in [-0.1, -0.05) is 25.8 Å². The lowest BCUT2D eigenvalue weighted by Gasteiger charge is -2.27. The second-order valence-electron chi connectivity index (χ2n) is 5.67. The van der Waals surface area contributed by atoms with E-state index in [-0.39, 0.29) is 6.42 Å². The van der Waals surface area contributed by atoms with Gasteiger partial charge in [-0.3, -0.25) is 0 Å². The predicted molar refractivity (Wildman–Crippen MR) is 67.3 cm³/mol. The van der Waals surface area contributed by atoms with Crippen molar-refractivity contribution in [1.82, 2.24) is 0 Å². The first-order valence-electron chi connectivity index (χ1n) is 6.65. The van der Waals surface area contributed by atoms with Crippen LogP contribution in [-0.4, -0.2) is 10.7 Å². The van der Waals surface area contributed by atoms with Gasteiger partial charge in [-0.2, -0.15) is 0 Å². The van der Waals surface area contributed by atoms with E-state index in [0.717, 1.165) is 25.3 Å². The summed E-state index contributed by atoms with van der Waals surface area (Å²) in [4.78, 5) is 0. The van der Waals surface area contributed by atoms with Crippen molar-refractivity contribution in [2.45, 2.75) is 51.0 Å². The van der Waals surface area contributed by atoms with E-state index in [0.29, 0.717) is 24.3 Å². The van der Waals surface area contributed by atoms with Crippen LogP contribution < -0.4 is 0 Å². The monoisotopic (exact) mass is 254 g/mol. The van der Waals surface area contributed by atoms with Crippen molar-refractivity contribution in [3.63, 3.8) is 0 Å². The Kier molecular flexibility index (Phi) is 4.00. The lowest BCUT2D eigenvalue weighted by Crippen LogP contribution is -2.31. The van der Waals surface area contributed by atoms with Crippen LogP contribution in [0.4, 0.5) is 8.78 Å². The number of hydrogen-bond acceptors (Lipinski definition) is 1. The van der Waals surface area contributed by atoms with Crippen molar-refractivity contribution in [3.8, 4) is 0 Å². The summed E-state index contributed by atoms with van der Waals surface area (Å²) < 4.78 is 26.4. The third-order valence-corrected chi connectivity index (χ3v) is 3.98. The molecule has 0 spiro atoms. The van der Waals surface area contributed by atoms with Crippen LogP contribution in [0.5, 0.6) is 0 Å². The van der Waals surface area contributed by atoms with Crippen LogP contribution in [0.15, 0.2) is 18.2 Å². The molecular formula is C15H20F2O. The SMILES string of the molecule is CC1CCCC(O)(Cc2ccc(F)cc2F)CC1. The van der Waals surface area contributed by atoms with Crippen LogP contribution in [0.2, 0.25) is 0 Å². The van der Waals surface area contributed by atoms with Gasteiger partial charge in [0.15, 0.2) is 0 Å². The van der Waals surface area contributed by atoms with Crippen LogP contribution >= 0.6 is 0 Å². The van der Waals surface area contributed by atoms with Gasteiger partial charge in [-0.25, -0.2) is 8.78 Å². The first-order chi connectivity index (χ1) is 8.48. The maximum Gasteiger partial charge on any atom is 0.129 e. The molecule has 100 valence electrons. The molecule has 18 heavy (non-hydrogen) atoms. The van der Waals surface area contributed by atoms with E-state index in [1.807, 2.05) is 0 Å². The van der Waals surface area contributed by atoms with E-state index in [9.17, 15) is 13.9 Å². The molecule has 1 aromatic rings. The fourth-order valence-corrected chi connectivity index (χ4v) is 2.76. The zero-order chi connectivity index (χ0) is 13.2. The lowest BCUT2D eigenvalue weighted by atomic mass is 9.87. The van der Waals surface area contributed by atoms with Crippen LogP contribution in [0.25, 0.3) is 0 Å². The summed E-state index contributed by atoms with van der Waals surface area (Å²) in [5.74, 6) is -0.504. The second kappa shape index (κ2) is 5.35. The molecule has 1 saturated carbocycles. The van der Waals surface area contributed by atoms with Gasteiger partial charge in [0, 0.05) is 12.5 Å². The molecule has 1 fully saturated rings. The van der Waals surface area contributed by atoms with E-state index in [2.05, 4.69) is 6.92 Å². The second-order valence-corrected chi connectivity index (χ2v) is 5.67. The molecule has 1 aliphatic carbocycles. The van der Waals surface area contributed by atoms with E-state index in [1.165, 1.54) is 12.1 Å². The van der Waals surface area contributed by atoms with Gasteiger partial charge >= 0.3 is 0 Å². The van der Waals surface area contributed by atoms with Crippen LogP contribution in [-0.2, 0) is 6.42 Å². The van der Waals surface area contributed by atoms with Crippen LogP contribution in [0.3, 0.4) is 0 Å². The van der Waals surface area contributed by atoms with Crippen molar-refractivity contribution in [2.75, 3.05) is 0 Å². The molecular weight excluding hydrogens is 234 g/mol. The number of halogens is 2. The lowest BCUT2D eigenvalue weighted by molar-refractivity contribution is 0.0236. The Bertz CT molecular complexity index is 419. The van der Waals surface area contributed by atoms with Crippen molar-refractivity contribution >= 4 is 0 Å². The average molecular weight is 254 g/mol. The fourth-order valence-electron chi connectivity index (χ4n) is 2.76. The number of hydrogen-bond donors (Lipinski definition) is 1. The van der Waals surface area contributed by atoms with Gasteiger partial charge in [-0.15, -0.1) is 0 Å². The van der Waals surface area contributed by atoms with Crippen molar-refractivity contribution in [3.05, 3.63) is 35.4 Å². The summed E-state index contributed by atoms with van der Waals surface area (Å²) >= 11 is 0. The Balaban J connectivity index is 2.11. The quantitative estimate of drug-likeness (QED) is 0.795. The minimum absolute atomic E-state index is 0.284. The molecule has 1 aliphatic rings. The molecule has 2 unspecified atom stereocenters. The van der Waals surface area contributed by atoms with E-state index in [1.54, 1.807) is 0 Å². The first-order valence-corrected chi connectivity index (χ1v) is 6.65. The van der Waals surface area contributed by atoms with Crippen LogP contribution in [0, 0.1) is 17.6 Å². The van der Waals surface area contributed by atoms with E-state index in [4.69, 9.17) is 0 Å². The Hall–Kier alpha value is -0.960. The fraction of sp³-hybridized carbons (Fsp3) is 0.600. The Morgan fingerprint density at radius 1 is 1.28 bits per heavy atom. The molecule has 1 N–H and O–H groups in total. The van der Waals surface area contributed by atoms with Gasteiger partial charge in [0.25, 0.3) is 0 Å². The van der Waals surface area contributed by atoms with Gasteiger partial charge in [0.05, 0.1) is 5.60 Å². The van der Waals surface area contributed by atoms with Crippen molar-refractivity contribution in [1.29, 1.82) is 0 Å². The number of benzene rings is 1. The van der Waals surface area contributed by atoms with E-state index >= 15 is 0 Å². The standard InChI is InChI=1S/C15H20F2O/c1-11-3-2-7-15(18,8-6-11)10-12-4-5-13(16)9-14(12)17/h4-5,9,11,18H,2-3,6-8,10H2,1H3. The third-order valence-electron chi connectivity index (χ3n) is 3.98.